The molecule has 0 bridgehead atoms. The summed E-state index contributed by atoms with van der Waals surface area (Å²) in [5, 5.41) is 22.2. The Bertz CT molecular complexity index is 306. The maximum Gasteiger partial charge on any atom is 0.115 e. The summed E-state index contributed by atoms with van der Waals surface area (Å²) in [6.45, 7) is 6.66. The standard InChI is InChI=1S/C12H19NO2.ClH/c1-12(2,3)13-8-11(15)9-4-6-10(14)7-5-9;/h4-7,11,13-15H,8H2,1-3H3;1H. The van der Waals surface area contributed by atoms with Gasteiger partial charge >= 0.3 is 0 Å². The third-order valence-electron chi connectivity index (χ3n) is 2.10. The molecule has 1 rings (SSSR count). The Morgan fingerprint density at radius 1 is 1.19 bits per heavy atom. The second-order valence-corrected chi connectivity index (χ2v) is 4.74. The lowest BCUT2D eigenvalue weighted by molar-refractivity contribution is 0.163. The van der Waals surface area contributed by atoms with E-state index >= 15 is 0 Å². The average molecular weight is 246 g/mol. The Morgan fingerprint density at radius 2 is 1.69 bits per heavy atom. The molecule has 0 fully saturated rings. The van der Waals surface area contributed by atoms with Gasteiger partial charge in [-0.15, -0.1) is 12.4 Å². The van der Waals surface area contributed by atoms with Crippen molar-refractivity contribution in [3.8, 4) is 5.75 Å². The number of aliphatic hydroxyl groups excluding tert-OH is 1. The van der Waals surface area contributed by atoms with Crippen LogP contribution in [0.4, 0.5) is 0 Å². The number of nitrogens with one attached hydrogen (secondary N) is 1. The molecule has 92 valence electrons. The molecule has 0 aliphatic heterocycles. The van der Waals surface area contributed by atoms with Crippen LogP contribution in [0.15, 0.2) is 24.3 Å². The van der Waals surface area contributed by atoms with Gasteiger partial charge in [-0.3, -0.25) is 0 Å². The van der Waals surface area contributed by atoms with Gasteiger partial charge in [0, 0.05) is 12.1 Å². The highest BCUT2D eigenvalue weighted by molar-refractivity contribution is 5.85. The summed E-state index contributed by atoms with van der Waals surface area (Å²) < 4.78 is 0. The van der Waals surface area contributed by atoms with E-state index in [4.69, 9.17) is 5.11 Å². The first kappa shape index (κ1) is 15.2. The van der Waals surface area contributed by atoms with E-state index in [1.807, 2.05) is 0 Å². The molecule has 0 aliphatic carbocycles. The number of aliphatic hydroxyl groups is 1. The highest BCUT2D eigenvalue weighted by atomic mass is 35.5. The molecule has 0 heterocycles. The first-order valence-corrected chi connectivity index (χ1v) is 5.10. The van der Waals surface area contributed by atoms with Crippen molar-refractivity contribution in [2.45, 2.75) is 32.4 Å². The van der Waals surface area contributed by atoms with Crippen molar-refractivity contribution >= 4 is 12.4 Å². The van der Waals surface area contributed by atoms with Gasteiger partial charge in [-0.2, -0.15) is 0 Å². The molecular formula is C12H20ClNO2. The second-order valence-electron chi connectivity index (χ2n) is 4.74. The van der Waals surface area contributed by atoms with Gasteiger partial charge in [0.15, 0.2) is 0 Å². The third kappa shape index (κ3) is 5.35. The molecule has 1 aromatic carbocycles. The van der Waals surface area contributed by atoms with Crippen molar-refractivity contribution in [3.63, 3.8) is 0 Å². The summed E-state index contributed by atoms with van der Waals surface area (Å²) in [6.07, 6.45) is -0.537. The molecule has 0 saturated carbocycles. The SMILES string of the molecule is CC(C)(C)NCC(O)c1ccc(O)cc1.Cl. The number of phenols is 1. The van der Waals surface area contributed by atoms with Crippen LogP contribution in [0.3, 0.4) is 0 Å². The highest BCUT2D eigenvalue weighted by Gasteiger charge is 2.13. The zero-order valence-corrected chi connectivity index (χ0v) is 10.7. The fourth-order valence-corrected chi connectivity index (χ4v) is 1.22. The molecule has 0 aliphatic rings. The summed E-state index contributed by atoms with van der Waals surface area (Å²) in [5.74, 6) is 0.217. The zero-order chi connectivity index (χ0) is 11.5. The molecule has 4 heteroatoms. The Kier molecular flexibility index (Phi) is 5.79. The smallest absolute Gasteiger partial charge is 0.115 e. The van der Waals surface area contributed by atoms with Crippen molar-refractivity contribution < 1.29 is 10.2 Å². The first-order valence-electron chi connectivity index (χ1n) is 5.10. The highest BCUT2D eigenvalue weighted by Crippen LogP contribution is 2.16. The quantitative estimate of drug-likeness (QED) is 0.766. The lowest BCUT2D eigenvalue weighted by Gasteiger charge is -2.23. The van der Waals surface area contributed by atoms with Crippen LogP contribution < -0.4 is 5.32 Å². The van der Waals surface area contributed by atoms with Crippen molar-refractivity contribution in [2.24, 2.45) is 0 Å². The normalized spacial score (nSPS) is 13.0. The number of hydrogen-bond acceptors (Lipinski definition) is 3. The van der Waals surface area contributed by atoms with Gasteiger partial charge in [0.2, 0.25) is 0 Å². The van der Waals surface area contributed by atoms with Crippen molar-refractivity contribution in [1.82, 2.24) is 5.32 Å². The van der Waals surface area contributed by atoms with Gasteiger partial charge in [-0.1, -0.05) is 12.1 Å². The van der Waals surface area contributed by atoms with Crippen molar-refractivity contribution in [3.05, 3.63) is 29.8 Å². The lowest BCUT2D eigenvalue weighted by Crippen LogP contribution is -2.38. The van der Waals surface area contributed by atoms with E-state index in [2.05, 4.69) is 26.1 Å². The average Bonchev–Trinajstić information content (AvgIpc) is 2.14. The van der Waals surface area contributed by atoms with Crippen LogP contribution in [0.25, 0.3) is 0 Å². The van der Waals surface area contributed by atoms with Crippen LogP contribution in [0, 0.1) is 0 Å². The Balaban J connectivity index is 0.00000225. The Hall–Kier alpha value is -0.770. The predicted molar refractivity (Wildman–Crippen MR) is 68.1 cm³/mol. The Labute approximate surface area is 103 Å². The maximum absolute atomic E-state index is 9.83. The lowest BCUT2D eigenvalue weighted by atomic mass is 10.1. The molecular weight excluding hydrogens is 226 g/mol. The van der Waals surface area contributed by atoms with E-state index in [0.29, 0.717) is 6.54 Å². The van der Waals surface area contributed by atoms with Crippen molar-refractivity contribution in [1.29, 1.82) is 0 Å². The van der Waals surface area contributed by atoms with E-state index in [9.17, 15) is 5.11 Å². The molecule has 1 aromatic rings. The fourth-order valence-electron chi connectivity index (χ4n) is 1.22. The molecule has 3 N–H and O–H groups in total. The molecule has 16 heavy (non-hydrogen) atoms. The minimum Gasteiger partial charge on any atom is -0.508 e. The van der Waals surface area contributed by atoms with Gasteiger partial charge < -0.3 is 15.5 Å². The first-order chi connectivity index (χ1) is 6.88. The summed E-state index contributed by atoms with van der Waals surface area (Å²) in [4.78, 5) is 0. The number of hydrogen-bond donors (Lipinski definition) is 3. The van der Waals surface area contributed by atoms with Crippen molar-refractivity contribution in [2.75, 3.05) is 6.54 Å². The van der Waals surface area contributed by atoms with Gasteiger partial charge in [0.25, 0.3) is 0 Å². The van der Waals surface area contributed by atoms with Crippen LogP contribution in [-0.4, -0.2) is 22.3 Å². The van der Waals surface area contributed by atoms with E-state index in [1.54, 1.807) is 24.3 Å². The topological polar surface area (TPSA) is 52.5 Å². The van der Waals surface area contributed by atoms with Crippen LogP contribution in [-0.2, 0) is 0 Å². The van der Waals surface area contributed by atoms with E-state index in [-0.39, 0.29) is 23.7 Å². The van der Waals surface area contributed by atoms with Gasteiger partial charge in [0.1, 0.15) is 5.75 Å². The van der Waals surface area contributed by atoms with E-state index < -0.39 is 6.10 Å². The molecule has 0 radical (unpaired) electrons. The largest absolute Gasteiger partial charge is 0.508 e. The maximum atomic E-state index is 9.83. The molecule has 0 saturated heterocycles. The summed E-state index contributed by atoms with van der Waals surface area (Å²) in [5.41, 5.74) is 0.808. The molecule has 0 amide bonds. The molecule has 1 atom stereocenters. The Morgan fingerprint density at radius 3 is 2.12 bits per heavy atom. The molecule has 3 nitrogen and oxygen atoms in total. The summed E-state index contributed by atoms with van der Waals surface area (Å²) in [7, 11) is 0. The number of rotatable bonds is 3. The minimum atomic E-state index is -0.537. The monoisotopic (exact) mass is 245 g/mol. The van der Waals surface area contributed by atoms with Crippen LogP contribution in [0.5, 0.6) is 5.75 Å². The van der Waals surface area contributed by atoms with Crippen LogP contribution in [0.1, 0.15) is 32.4 Å². The predicted octanol–water partition coefficient (Wildman–Crippen LogP) is 2.24. The number of phenolic OH excluding ortho intramolecular Hbond substituents is 1. The van der Waals surface area contributed by atoms with Crippen LogP contribution >= 0.6 is 12.4 Å². The molecule has 0 aromatic heterocycles. The van der Waals surface area contributed by atoms with E-state index in [0.717, 1.165) is 5.56 Å². The van der Waals surface area contributed by atoms with Gasteiger partial charge in [-0.25, -0.2) is 0 Å². The molecule has 1 unspecified atom stereocenters. The molecule has 0 spiro atoms. The van der Waals surface area contributed by atoms with Gasteiger partial charge in [-0.05, 0) is 38.5 Å². The number of benzene rings is 1. The third-order valence-corrected chi connectivity index (χ3v) is 2.10. The fraction of sp³-hybridized carbons (Fsp3) is 0.500. The summed E-state index contributed by atoms with van der Waals surface area (Å²) >= 11 is 0. The zero-order valence-electron chi connectivity index (χ0n) is 9.90. The van der Waals surface area contributed by atoms with E-state index in [1.165, 1.54) is 0 Å². The van der Waals surface area contributed by atoms with Crippen LogP contribution in [0.2, 0.25) is 0 Å². The summed E-state index contributed by atoms with van der Waals surface area (Å²) in [6, 6.07) is 6.61. The number of β-amino-alcohol motifs (C(OH)–C–C–N with tert-alkyl or cyclic N) is 1. The van der Waals surface area contributed by atoms with Gasteiger partial charge in [0.05, 0.1) is 6.10 Å². The number of halogens is 1. The number of aromatic hydroxyl groups is 1. The minimum absolute atomic E-state index is 0. The second kappa shape index (κ2) is 6.09.